The predicted molar refractivity (Wildman–Crippen MR) is 77.6 cm³/mol. The molecule has 1 aromatic heterocycles. The summed E-state index contributed by atoms with van der Waals surface area (Å²) in [5.41, 5.74) is 1.88. The van der Waals surface area contributed by atoms with Crippen LogP contribution in [0.1, 0.15) is 58.4 Å². The average molecular weight is 248 g/mol. The molecule has 18 heavy (non-hydrogen) atoms. The number of rotatable bonds is 5. The molecule has 0 aromatic carbocycles. The molecule has 1 aliphatic rings. The molecule has 1 aromatic rings. The van der Waals surface area contributed by atoms with Crippen LogP contribution in [0.25, 0.3) is 0 Å². The second kappa shape index (κ2) is 5.92. The van der Waals surface area contributed by atoms with Crippen LogP contribution >= 0.6 is 0 Å². The van der Waals surface area contributed by atoms with Gasteiger partial charge >= 0.3 is 0 Å². The van der Waals surface area contributed by atoms with Crippen LogP contribution in [0.15, 0.2) is 18.5 Å². The molecule has 1 fully saturated rings. The monoisotopic (exact) mass is 248 g/mol. The van der Waals surface area contributed by atoms with Crippen molar-refractivity contribution in [1.29, 1.82) is 0 Å². The van der Waals surface area contributed by atoms with E-state index in [2.05, 4.69) is 49.1 Å². The van der Waals surface area contributed by atoms with E-state index in [0.717, 1.165) is 13.1 Å². The van der Waals surface area contributed by atoms with E-state index in [-0.39, 0.29) is 0 Å². The van der Waals surface area contributed by atoms with Crippen LogP contribution in [0.2, 0.25) is 0 Å². The summed E-state index contributed by atoms with van der Waals surface area (Å²) in [6.45, 7) is 9.19. The number of aromatic nitrogens is 1. The minimum Gasteiger partial charge on any atom is -0.354 e. The zero-order valence-electron chi connectivity index (χ0n) is 12.2. The highest BCUT2D eigenvalue weighted by atomic mass is 15.0. The summed E-state index contributed by atoms with van der Waals surface area (Å²) in [7, 11) is 0. The van der Waals surface area contributed by atoms with E-state index in [1.54, 1.807) is 0 Å². The first-order valence-corrected chi connectivity index (χ1v) is 7.50. The molecule has 0 spiro atoms. The zero-order chi connectivity index (χ0) is 13.0. The maximum absolute atomic E-state index is 3.77. The van der Waals surface area contributed by atoms with Gasteiger partial charge in [0.2, 0.25) is 0 Å². The van der Waals surface area contributed by atoms with E-state index in [9.17, 15) is 0 Å². The van der Waals surface area contributed by atoms with Crippen molar-refractivity contribution in [3.8, 4) is 0 Å². The van der Waals surface area contributed by atoms with Gasteiger partial charge in [0.25, 0.3) is 0 Å². The lowest BCUT2D eigenvalue weighted by Gasteiger charge is -2.39. The lowest BCUT2D eigenvalue weighted by molar-refractivity contribution is 0.167. The van der Waals surface area contributed by atoms with E-state index in [4.69, 9.17) is 0 Å². The maximum atomic E-state index is 3.77. The molecule has 1 N–H and O–H groups in total. The van der Waals surface area contributed by atoms with Gasteiger partial charge in [-0.3, -0.25) is 0 Å². The summed E-state index contributed by atoms with van der Waals surface area (Å²) in [4.78, 5) is 0. The van der Waals surface area contributed by atoms with Crippen molar-refractivity contribution in [2.24, 2.45) is 5.41 Å². The maximum Gasteiger partial charge on any atom is 0.0223 e. The van der Waals surface area contributed by atoms with Crippen molar-refractivity contribution in [3.05, 3.63) is 24.0 Å². The summed E-state index contributed by atoms with van der Waals surface area (Å²) >= 11 is 0. The third-order valence-electron chi connectivity index (χ3n) is 4.35. The zero-order valence-corrected chi connectivity index (χ0v) is 12.2. The fourth-order valence-corrected chi connectivity index (χ4v) is 3.11. The van der Waals surface area contributed by atoms with Crippen molar-refractivity contribution in [3.63, 3.8) is 0 Å². The average Bonchev–Trinajstić information content (AvgIpc) is 2.75. The molecule has 1 unspecified atom stereocenters. The van der Waals surface area contributed by atoms with E-state index in [1.165, 1.54) is 37.7 Å². The largest absolute Gasteiger partial charge is 0.354 e. The van der Waals surface area contributed by atoms with E-state index >= 15 is 0 Å². The number of aryl methyl sites for hydroxylation is 1. The molecule has 2 rings (SSSR count). The van der Waals surface area contributed by atoms with Crippen LogP contribution in [0, 0.1) is 5.41 Å². The SMILES string of the molecule is CCCn1ccc(CNC2CCCCC2(C)C)c1. The smallest absolute Gasteiger partial charge is 0.0223 e. The van der Waals surface area contributed by atoms with Crippen molar-refractivity contribution in [1.82, 2.24) is 9.88 Å². The number of nitrogens with one attached hydrogen (secondary N) is 1. The van der Waals surface area contributed by atoms with Gasteiger partial charge in [-0.15, -0.1) is 0 Å². The Morgan fingerprint density at radius 2 is 2.22 bits per heavy atom. The van der Waals surface area contributed by atoms with Crippen LogP contribution < -0.4 is 5.32 Å². The van der Waals surface area contributed by atoms with Crippen molar-refractivity contribution < 1.29 is 0 Å². The Labute approximate surface area is 112 Å². The summed E-state index contributed by atoms with van der Waals surface area (Å²) in [6.07, 6.45) is 11.2. The normalized spacial score (nSPS) is 23.2. The molecule has 1 atom stereocenters. The van der Waals surface area contributed by atoms with Gasteiger partial charge in [-0.1, -0.05) is 33.6 Å². The van der Waals surface area contributed by atoms with E-state index in [0.29, 0.717) is 11.5 Å². The molecule has 1 aliphatic carbocycles. The highest BCUT2D eigenvalue weighted by Crippen LogP contribution is 2.35. The summed E-state index contributed by atoms with van der Waals surface area (Å²) in [6, 6.07) is 2.93. The molecule has 1 saturated carbocycles. The Hall–Kier alpha value is -0.760. The molecule has 2 nitrogen and oxygen atoms in total. The second-order valence-electron chi connectivity index (χ2n) is 6.43. The number of hydrogen-bond acceptors (Lipinski definition) is 1. The molecule has 0 bridgehead atoms. The summed E-state index contributed by atoms with van der Waals surface area (Å²) in [5, 5.41) is 3.77. The molecule has 0 amide bonds. The van der Waals surface area contributed by atoms with Crippen LogP contribution in [0.4, 0.5) is 0 Å². The fraction of sp³-hybridized carbons (Fsp3) is 0.750. The topological polar surface area (TPSA) is 17.0 Å². The first kappa shape index (κ1) is 13.7. The van der Waals surface area contributed by atoms with Crippen molar-refractivity contribution >= 4 is 0 Å². The Balaban J connectivity index is 1.86. The van der Waals surface area contributed by atoms with Crippen LogP contribution in [-0.2, 0) is 13.1 Å². The molecule has 0 aliphatic heterocycles. The van der Waals surface area contributed by atoms with Gasteiger partial charge in [0.05, 0.1) is 0 Å². The fourth-order valence-electron chi connectivity index (χ4n) is 3.11. The Morgan fingerprint density at radius 1 is 1.39 bits per heavy atom. The van der Waals surface area contributed by atoms with E-state index < -0.39 is 0 Å². The van der Waals surface area contributed by atoms with Gasteiger partial charge in [0, 0.05) is 31.5 Å². The molecule has 0 radical (unpaired) electrons. The molecule has 102 valence electrons. The molecule has 2 heteroatoms. The third-order valence-corrected chi connectivity index (χ3v) is 4.35. The van der Waals surface area contributed by atoms with Gasteiger partial charge < -0.3 is 9.88 Å². The lowest BCUT2D eigenvalue weighted by atomic mass is 9.73. The standard InChI is InChI=1S/C16H28N2/c1-4-10-18-11-8-14(13-18)12-17-15-7-5-6-9-16(15,2)3/h8,11,13,15,17H,4-7,9-10,12H2,1-3H3. The van der Waals surface area contributed by atoms with Crippen LogP contribution in [0.5, 0.6) is 0 Å². The second-order valence-corrected chi connectivity index (χ2v) is 6.43. The van der Waals surface area contributed by atoms with Gasteiger partial charge in [0.1, 0.15) is 0 Å². The lowest BCUT2D eigenvalue weighted by Crippen LogP contribution is -2.43. The quantitative estimate of drug-likeness (QED) is 0.834. The summed E-state index contributed by atoms with van der Waals surface area (Å²) in [5.74, 6) is 0. The van der Waals surface area contributed by atoms with E-state index in [1.807, 2.05) is 0 Å². The van der Waals surface area contributed by atoms with Gasteiger partial charge in [-0.05, 0) is 36.3 Å². The Morgan fingerprint density at radius 3 is 2.94 bits per heavy atom. The Bertz CT molecular complexity index is 365. The highest BCUT2D eigenvalue weighted by Gasteiger charge is 2.31. The van der Waals surface area contributed by atoms with Crippen LogP contribution in [0.3, 0.4) is 0 Å². The highest BCUT2D eigenvalue weighted by molar-refractivity contribution is 5.10. The first-order valence-electron chi connectivity index (χ1n) is 7.50. The molecular formula is C16H28N2. The first-order chi connectivity index (χ1) is 8.62. The molecular weight excluding hydrogens is 220 g/mol. The van der Waals surface area contributed by atoms with Gasteiger partial charge in [-0.2, -0.15) is 0 Å². The minimum absolute atomic E-state index is 0.463. The van der Waals surface area contributed by atoms with Crippen molar-refractivity contribution in [2.45, 2.75) is 72.0 Å². The minimum atomic E-state index is 0.463. The predicted octanol–water partition coefficient (Wildman–Crippen LogP) is 3.96. The molecule has 1 heterocycles. The Kier molecular flexibility index (Phi) is 4.50. The summed E-state index contributed by atoms with van der Waals surface area (Å²) < 4.78 is 2.29. The molecule has 0 saturated heterocycles. The van der Waals surface area contributed by atoms with Crippen LogP contribution in [-0.4, -0.2) is 10.6 Å². The number of hydrogen-bond donors (Lipinski definition) is 1. The number of nitrogens with zero attached hydrogens (tertiary/aromatic N) is 1. The van der Waals surface area contributed by atoms with Gasteiger partial charge in [-0.25, -0.2) is 0 Å². The van der Waals surface area contributed by atoms with Gasteiger partial charge in [0.15, 0.2) is 0 Å². The van der Waals surface area contributed by atoms with Crippen molar-refractivity contribution in [2.75, 3.05) is 0 Å². The third kappa shape index (κ3) is 3.38.